The van der Waals surface area contributed by atoms with Gasteiger partial charge in [-0.2, -0.15) is 0 Å². The number of allylic oxidation sites excluding steroid dienone is 2. The van der Waals surface area contributed by atoms with Gasteiger partial charge in [0.1, 0.15) is 11.5 Å². The molecule has 2 aromatic carbocycles. The molecule has 33 heavy (non-hydrogen) atoms. The molecule has 0 atom stereocenters. The topological polar surface area (TPSA) is 61.8 Å². The zero-order chi connectivity index (χ0) is 23.6. The second-order valence-corrected chi connectivity index (χ2v) is 8.12. The third-order valence-corrected chi connectivity index (χ3v) is 5.22. The van der Waals surface area contributed by atoms with Crippen LogP contribution >= 0.6 is 0 Å². The highest BCUT2D eigenvalue weighted by Gasteiger charge is 2.12. The van der Waals surface area contributed by atoms with Crippen molar-refractivity contribution >= 4 is 18.0 Å². The second-order valence-electron chi connectivity index (χ2n) is 8.12. The molecule has 5 nitrogen and oxygen atoms in total. The van der Waals surface area contributed by atoms with Crippen LogP contribution in [0.5, 0.6) is 11.5 Å². The molecule has 0 fully saturated rings. The largest absolute Gasteiger partial charge is 0.494 e. The number of hydrogen-bond donors (Lipinski definition) is 0. The van der Waals surface area contributed by atoms with Gasteiger partial charge in [-0.05, 0) is 86.6 Å². The summed E-state index contributed by atoms with van der Waals surface area (Å²) in [6.45, 7) is 10.2. The van der Waals surface area contributed by atoms with Gasteiger partial charge in [-0.3, -0.25) is 0 Å². The van der Waals surface area contributed by atoms with E-state index in [4.69, 9.17) is 14.2 Å². The van der Waals surface area contributed by atoms with Gasteiger partial charge in [0.15, 0.2) is 0 Å². The maximum atomic E-state index is 12.5. The lowest BCUT2D eigenvalue weighted by molar-refractivity contribution is -0.139. The van der Waals surface area contributed by atoms with Crippen molar-refractivity contribution in [2.75, 3.05) is 13.2 Å². The van der Waals surface area contributed by atoms with Crippen LogP contribution in [0.15, 0.2) is 72.8 Å². The molecule has 0 N–H and O–H groups in total. The van der Waals surface area contributed by atoms with E-state index in [-0.39, 0.29) is 5.97 Å². The third kappa shape index (κ3) is 7.49. The maximum absolute atomic E-state index is 12.5. The molecule has 0 spiro atoms. The van der Waals surface area contributed by atoms with Crippen LogP contribution in [-0.4, -0.2) is 25.2 Å². The van der Waals surface area contributed by atoms with Gasteiger partial charge in [0.25, 0.3) is 0 Å². The van der Waals surface area contributed by atoms with Gasteiger partial charge < -0.3 is 14.2 Å². The first kappa shape index (κ1) is 24.1. The van der Waals surface area contributed by atoms with E-state index in [0.29, 0.717) is 35.8 Å². The summed E-state index contributed by atoms with van der Waals surface area (Å²) in [4.78, 5) is 23.8. The summed E-state index contributed by atoms with van der Waals surface area (Å²) < 4.78 is 16.4. The zero-order valence-corrected chi connectivity index (χ0v) is 19.1. The number of esters is 2. The Kier molecular flexibility index (Phi) is 8.64. The van der Waals surface area contributed by atoms with E-state index in [2.05, 4.69) is 13.2 Å². The van der Waals surface area contributed by atoms with E-state index in [1.165, 1.54) is 0 Å². The molecule has 0 heterocycles. The average molecular weight is 447 g/mol. The van der Waals surface area contributed by atoms with Crippen molar-refractivity contribution in [1.82, 2.24) is 0 Å². The normalized spacial score (nSPS) is 12.1. The van der Waals surface area contributed by atoms with Gasteiger partial charge in [0, 0.05) is 5.57 Å². The highest BCUT2D eigenvalue weighted by atomic mass is 16.5. The molecule has 0 amide bonds. The standard InChI is InChI=1S/C28H30O5/c1-20(2)27(29)32-17-7-5-4-6-16-31-25-13-11-23(12-14-25)28(30)33-26-15-10-22-9-8-21(3)18-24(22)19-26/h8-15,19H,1,3-7,16-18H2,2H3. The molecule has 2 aromatic rings. The van der Waals surface area contributed by atoms with Crippen LogP contribution in [0.3, 0.4) is 0 Å². The number of ether oxygens (including phenoxy) is 3. The molecule has 0 saturated heterocycles. The van der Waals surface area contributed by atoms with Crippen LogP contribution in [0.1, 0.15) is 54.1 Å². The van der Waals surface area contributed by atoms with Gasteiger partial charge in [-0.15, -0.1) is 0 Å². The highest BCUT2D eigenvalue weighted by Crippen LogP contribution is 2.26. The first-order valence-corrected chi connectivity index (χ1v) is 11.2. The summed E-state index contributed by atoms with van der Waals surface area (Å²) in [5.41, 5.74) is 4.14. The van der Waals surface area contributed by atoms with Gasteiger partial charge >= 0.3 is 11.9 Å². The van der Waals surface area contributed by atoms with Gasteiger partial charge in [0.2, 0.25) is 0 Å². The molecule has 1 aliphatic carbocycles. The quantitative estimate of drug-likeness (QED) is 0.181. The number of hydrogen-bond acceptors (Lipinski definition) is 5. The first-order valence-electron chi connectivity index (χ1n) is 11.2. The summed E-state index contributed by atoms with van der Waals surface area (Å²) in [5.74, 6) is 0.494. The van der Waals surface area contributed by atoms with Crippen molar-refractivity contribution in [3.05, 3.63) is 89.5 Å². The summed E-state index contributed by atoms with van der Waals surface area (Å²) in [7, 11) is 0. The molecule has 0 bridgehead atoms. The maximum Gasteiger partial charge on any atom is 0.343 e. The van der Waals surface area contributed by atoms with Crippen LogP contribution in [-0.2, 0) is 16.0 Å². The van der Waals surface area contributed by atoms with E-state index in [1.807, 2.05) is 24.3 Å². The summed E-state index contributed by atoms with van der Waals surface area (Å²) in [6, 6.07) is 12.6. The Hall–Kier alpha value is -3.60. The van der Waals surface area contributed by atoms with Crippen molar-refractivity contribution < 1.29 is 23.8 Å². The van der Waals surface area contributed by atoms with Crippen LogP contribution in [0.25, 0.3) is 6.08 Å². The Morgan fingerprint density at radius 2 is 1.61 bits per heavy atom. The lowest BCUT2D eigenvalue weighted by Crippen LogP contribution is -2.09. The smallest absolute Gasteiger partial charge is 0.343 e. The molecule has 3 rings (SSSR count). The van der Waals surface area contributed by atoms with E-state index in [1.54, 1.807) is 37.3 Å². The number of fused-ring (bicyclic) bond motifs is 1. The SMILES string of the molecule is C=C1C=Cc2ccc(OC(=O)c3ccc(OCCCCCCOC(=O)C(=C)C)cc3)cc2C1. The third-order valence-electron chi connectivity index (χ3n) is 5.22. The number of carbonyl (C=O) groups is 2. The van der Waals surface area contributed by atoms with E-state index >= 15 is 0 Å². The molecule has 172 valence electrons. The molecule has 0 unspecified atom stereocenters. The lowest BCUT2D eigenvalue weighted by Gasteiger charge is -2.13. The molecule has 0 aromatic heterocycles. The summed E-state index contributed by atoms with van der Waals surface area (Å²) >= 11 is 0. The fourth-order valence-electron chi connectivity index (χ4n) is 3.36. The molecule has 0 saturated carbocycles. The molecule has 0 radical (unpaired) electrons. The Morgan fingerprint density at radius 1 is 0.909 bits per heavy atom. The Morgan fingerprint density at radius 3 is 2.33 bits per heavy atom. The number of carbonyl (C=O) groups excluding carboxylic acids is 2. The van der Waals surface area contributed by atoms with Crippen molar-refractivity contribution in [2.45, 2.75) is 39.0 Å². The average Bonchev–Trinajstić information content (AvgIpc) is 2.80. The van der Waals surface area contributed by atoms with Crippen molar-refractivity contribution in [3.63, 3.8) is 0 Å². The summed E-state index contributed by atoms with van der Waals surface area (Å²) in [5, 5.41) is 0. The monoisotopic (exact) mass is 446 g/mol. The first-order chi connectivity index (χ1) is 15.9. The Labute approximate surface area is 195 Å². The predicted molar refractivity (Wildman–Crippen MR) is 129 cm³/mol. The Bertz CT molecular complexity index is 1050. The minimum atomic E-state index is -0.404. The van der Waals surface area contributed by atoms with E-state index < -0.39 is 5.97 Å². The van der Waals surface area contributed by atoms with Crippen molar-refractivity contribution in [3.8, 4) is 11.5 Å². The number of rotatable bonds is 11. The van der Waals surface area contributed by atoms with E-state index in [0.717, 1.165) is 48.8 Å². The minimum absolute atomic E-state index is 0.336. The van der Waals surface area contributed by atoms with Crippen LogP contribution in [0, 0.1) is 0 Å². The fraction of sp³-hybridized carbons (Fsp3) is 0.286. The van der Waals surface area contributed by atoms with E-state index in [9.17, 15) is 9.59 Å². The molecule has 1 aliphatic rings. The molecular weight excluding hydrogens is 416 g/mol. The lowest BCUT2D eigenvalue weighted by atomic mass is 9.94. The van der Waals surface area contributed by atoms with Gasteiger partial charge in [0.05, 0.1) is 18.8 Å². The van der Waals surface area contributed by atoms with Gasteiger partial charge in [-0.1, -0.05) is 36.9 Å². The minimum Gasteiger partial charge on any atom is -0.494 e. The fourth-order valence-corrected chi connectivity index (χ4v) is 3.36. The van der Waals surface area contributed by atoms with Crippen LogP contribution < -0.4 is 9.47 Å². The van der Waals surface area contributed by atoms with Gasteiger partial charge in [-0.25, -0.2) is 9.59 Å². The zero-order valence-electron chi connectivity index (χ0n) is 19.1. The molecule has 0 aliphatic heterocycles. The summed E-state index contributed by atoms with van der Waals surface area (Å²) in [6.07, 6.45) is 8.45. The predicted octanol–water partition coefficient (Wildman–Crippen LogP) is 6.09. The molecule has 5 heteroatoms. The van der Waals surface area contributed by atoms with Crippen LogP contribution in [0.4, 0.5) is 0 Å². The Balaban J connectivity index is 1.37. The number of benzene rings is 2. The van der Waals surface area contributed by atoms with Crippen LogP contribution in [0.2, 0.25) is 0 Å². The highest BCUT2D eigenvalue weighted by molar-refractivity contribution is 5.91. The molecular formula is C28H30O5. The number of unbranched alkanes of at least 4 members (excludes halogenated alkanes) is 3. The van der Waals surface area contributed by atoms with Crippen molar-refractivity contribution in [2.24, 2.45) is 0 Å². The second kappa shape index (κ2) is 11.9. The van der Waals surface area contributed by atoms with Crippen molar-refractivity contribution in [1.29, 1.82) is 0 Å².